The van der Waals surface area contributed by atoms with Gasteiger partial charge in [-0.15, -0.1) is 0 Å². The highest BCUT2D eigenvalue weighted by molar-refractivity contribution is 7.91. The van der Waals surface area contributed by atoms with Gasteiger partial charge in [-0.05, 0) is 44.7 Å². The molecule has 202 valence electrons. The number of pyridine rings is 1. The summed E-state index contributed by atoms with van der Waals surface area (Å²) in [6.45, 7) is 8.91. The van der Waals surface area contributed by atoms with Gasteiger partial charge in [-0.2, -0.15) is 0 Å². The van der Waals surface area contributed by atoms with Crippen LogP contribution >= 0.6 is 0 Å². The zero-order chi connectivity index (χ0) is 27.0. The molecule has 9 nitrogen and oxygen atoms in total. The Hall–Kier alpha value is -3.22. The van der Waals surface area contributed by atoms with Crippen molar-refractivity contribution in [3.63, 3.8) is 0 Å². The minimum Gasteiger partial charge on any atom is -0.367 e. The number of hydrogen-bond acceptors (Lipinski definition) is 9. The average molecular weight is 544 g/mol. The van der Waals surface area contributed by atoms with E-state index in [4.69, 9.17) is 0 Å². The van der Waals surface area contributed by atoms with Gasteiger partial charge in [0.05, 0.1) is 17.6 Å². The van der Waals surface area contributed by atoms with Crippen molar-refractivity contribution < 1.29 is 17.2 Å². The number of aromatic nitrogens is 3. The number of nitrogens with zero attached hydrogens (tertiary/aromatic N) is 6. The highest BCUT2D eigenvalue weighted by Crippen LogP contribution is 2.38. The molecule has 0 saturated carbocycles. The molecule has 38 heavy (non-hydrogen) atoms. The molecule has 2 aromatic heterocycles. The molecule has 1 saturated heterocycles. The second kappa shape index (κ2) is 10.5. The Kier molecular flexibility index (Phi) is 7.30. The van der Waals surface area contributed by atoms with Crippen LogP contribution in [0.1, 0.15) is 19.4 Å². The summed E-state index contributed by atoms with van der Waals surface area (Å²) in [5, 5.41) is 2.97. The summed E-state index contributed by atoms with van der Waals surface area (Å²) in [5.74, 6) is -1.27. The molecule has 4 heterocycles. The van der Waals surface area contributed by atoms with Crippen molar-refractivity contribution in [3.05, 3.63) is 53.9 Å². The smallest absolute Gasteiger partial charge is 0.229 e. The van der Waals surface area contributed by atoms with E-state index in [1.54, 1.807) is 11.1 Å². The summed E-state index contributed by atoms with van der Waals surface area (Å²) < 4.78 is 55.2. The summed E-state index contributed by atoms with van der Waals surface area (Å²) in [7, 11) is -1.66. The van der Waals surface area contributed by atoms with E-state index >= 15 is 4.39 Å². The van der Waals surface area contributed by atoms with Gasteiger partial charge in [-0.25, -0.2) is 32.2 Å². The Morgan fingerprint density at radius 2 is 1.76 bits per heavy atom. The van der Waals surface area contributed by atoms with Crippen LogP contribution in [0.15, 0.2) is 41.6 Å². The summed E-state index contributed by atoms with van der Waals surface area (Å²) in [6.07, 6.45) is 2.78. The van der Waals surface area contributed by atoms with Crippen LogP contribution in [-0.4, -0.2) is 84.7 Å². The van der Waals surface area contributed by atoms with Crippen LogP contribution in [0.2, 0.25) is 0 Å². The third kappa shape index (κ3) is 5.47. The molecule has 0 aliphatic carbocycles. The monoisotopic (exact) mass is 543 g/mol. The molecule has 3 aromatic rings. The first-order valence-corrected chi connectivity index (χ1v) is 14.2. The van der Waals surface area contributed by atoms with Crippen LogP contribution in [0.25, 0.3) is 11.3 Å². The highest BCUT2D eigenvalue weighted by atomic mass is 32.2. The van der Waals surface area contributed by atoms with Crippen molar-refractivity contribution >= 4 is 27.3 Å². The Morgan fingerprint density at radius 3 is 2.45 bits per heavy atom. The van der Waals surface area contributed by atoms with Gasteiger partial charge in [0.25, 0.3) is 0 Å². The number of hydrogen-bond donors (Lipinski definition) is 1. The number of halogens is 2. The maximum Gasteiger partial charge on any atom is 0.229 e. The predicted octanol–water partition coefficient (Wildman–Crippen LogP) is 3.31. The largest absolute Gasteiger partial charge is 0.367 e. The van der Waals surface area contributed by atoms with Gasteiger partial charge in [-0.1, -0.05) is 6.07 Å². The molecule has 2 aliphatic rings. The molecule has 0 radical (unpaired) electrons. The predicted molar refractivity (Wildman–Crippen MR) is 142 cm³/mol. The molecule has 1 aromatic carbocycles. The molecule has 12 heteroatoms. The van der Waals surface area contributed by atoms with Gasteiger partial charge in [0.1, 0.15) is 22.2 Å². The standard InChI is InChI=1S/C26H31F2N7O2S/c1-17(2)35-10-11-38(36,37)25-20(27)12-19(13-22(25)35)24-21(28)15-30-26(32-24)31-23-5-4-18(14-29-23)16-34-8-6-33(3)7-9-34/h4-5,12-15,17H,6-11,16H2,1-3H3,(H,29,30,31,32). The molecule has 1 N–H and O–H groups in total. The lowest BCUT2D eigenvalue weighted by atomic mass is 10.1. The first kappa shape index (κ1) is 26.4. The molecule has 0 atom stereocenters. The number of piperazine rings is 1. The van der Waals surface area contributed by atoms with Gasteiger partial charge in [0.2, 0.25) is 5.95 Å². The minimum atomic E-state index is -3.78. The summed E-state index contributed by atoms with van der Waals surface area (Å²) in [6, 6.07) is 6.20. The van der Waals surface area contributed by atoms with Crippen molar-refractivity contribution in [1.82, 2.24) is 24.8 Å². The lowest BCUT2D eigenvalue weighted by Gasteiger charge is -2.34. The maximum atomic E-state index is 15.2. The normalized spacial score (nSPS) is 18.0. The van der Waals surface area contributed by atoms with Gasteiger partial charge in [-0.3, -0.25) is 4.90 Å². The molecular weight excluding hydrogens is 512 g/mol. The first-order valence-electron chi connectivity index (χ1n) is 12.6. The fraction of sp³-hybridized carbons (Fsp3) is 0.423. The van der Waals surface area contributed by atoms with E-state index in [9.17, 15) is 12.8 Å². The van der Waals surface area contributed by atoms with E-state index in [1.807, 2.05) is 26.0 Å². The SMILES string of the molecule is CC(C)N1CCS(=O)(=O)c2c(F)cc(-c3nc(Nc4ccc(CN5CCN(C)CC5)cn4)ncc3F)cc21. The molecule has 0 spiro atoms. The minimum absolute atomic E-state index is 0.0725. The lowest BCUT2D eigenvalue weighted by molar-refractivity contribution is 0.148. The van der Waals surface area contributed by atoms with Crippen molar-refractivity contribution in [3.8, 4) is 11.3 Å². The van der Waals surface area contributed by atoms with E-state index in [-0.39, 0.29) is 46.1 Å². The molecule has 0 amide bonds. The summed E-state index contributed by atoms with van der Waals surface area (Å²) in [4.78, 5) is 18.9. The van der Waals surface area contributed by atoms with Crippen molar-refractivity contribution in [2.75, 3.05) is 55.7 Å². The first-order chi connectivity index (χ1) is 18.1. The van der Waals surface area contributed by atoms with Crippen LogP contribution in [0.5, 0.6) is 0 Å². The Labute approximate surface area is 221 Å². The number of nitrogens with one attached hydrogen (secondary N) is 1. The quantitative estimate of drug-likeness (QED) is 0.503. The van der Waals surface area contributed by atoms with Gasteiger partial charge < -0.3 is 15.1 Å². The van der Waals surface area contributed by atoms with E-state index in [0.29, 0.717) is 5.82 Å². The fourth-order valence-electron chi connectivity index (χ4n) is 4.81. The molecule has 0 unspecified atom stereocenters. The third-order valence-corrected chi connectivity index (χ3v) is 8.70. The number of sulfone groups is 1. The topological polar surface area (TPSA) is 94.6 Å². The van der Waals surface area contributed by atoms with E-state index in [0.717, 1.165) is 50.6 Å². The van der Waals surface area contributed by atoms with Crippen LogP contribution in [-0.2, 0) is 16.4 Å². The highest BCUT2D eigenvalue weighted by Gasteiger charge is 2.33. The Bertz CT molecular complexity index is 1430. The maximum absolute atomic E-state index is 15.2. The molecular formula is C26H31F2N7O2S. The van der Waals surface area contributed by atoms with Crippen molar-refractivity contribution in [1.29, 1.82) is 0 Å². The average Bonchev–Trinajstić information content (AvgIpc) is 2.87. The van der Waals surface area contributed by atoms with Crippen molar-refractivity contribution in [2.24, 2.45) is 0 Å². The summed E-state index contributed by atoms with van der Waals surface area (Å²) in [5.41, 5.74) is 1.28. The fourth-order valence-corrected chi connectivity index (χ4v) is 6.31. The third-order valence-electron chi connectivity index (χ3n) is 6.95. The van der Waals surface area contributed by atoms with Crippen LogP contribution in [0.3, 0.4) is 0 Å². The van der Waals surface area contributed by atoms with Crippen LogP contribution < -0.4 is 10.2 Å². The number of likely N-dealkylation sites (N-methyl/N-ethyl adjacent to an activating group) is 1. The second-order valence-electron chi connectivity index (χ2n) is 10.1. The number of rotatable bonds is 6. The Morgan fingerprint density at radius 1 is 1.00 bits per heavy atom. The van der Waals surface area contributed by atoms with Crippen LogP contribution in [0.4, 0.5) is 26.2 Å². The molecule has 0 bridgehead atoms. The number of benzene rings is 1. The van der Waals surface area contributed by atoms with Crippen molar-refractivity contribution in [2.45, 2.75) is 31.3 Å². The van der Waals surface area contributed by atoms with Gasteiger partial charge in [0.15, 0.2) is 15.7 Å². The zero-order valence-corrected chi connectivity index (χ0v) is 22.5. The van der Waals surface area contributed by atoms with E-state index in [1.165, 1.54) is 6.07 Å². The molecule has 5 rings (SSSR count). The number of anilines is 3. The number of fused-ring (bicyclic) bond motifs is 1. The summed E-state index contributed by atoms with van der Waals surface area (Å²) >= 11 is 0. The van der Waals surface area contributed by atoms with Gasteiger partial charge in [0, 0.05) is 57.1 Å². The second-order valence-corrected chi connectivity index (χ2v) is 12.1. The van der Waals surface area contributed by atoms with E-state index < -0.39 is 21.5 Å². The molecule has 1 fully saturated rings. The molecule has 2 aliphatic heterocycles. The zero-order valence-electron chi connectivity index (χ0n) is 21.7. The van der Waals surface area contributed by atoms with Gasteiger partial charge >= 0.3 is 0 Å². The van der Waals surface area contributed by atoms with E-state index in [2.05, 4.69) is 37.1 Å². The Balaban J connectivity index is 1.39. The lowest BCUT2D eigenvalue weighted by Crippen LogP contribution is -2.43. The van der Waals surface area contributed by atoms with Crippen LogP contribution in [0, 0.1) is 11.6 Å².